The van der Waals surface area contributed by atoms with Gasteiger partial charge in [-0.25, -0.2) is 24.6 Å². The second-order valence-corrected chi connectivity index (χ2v) is 7.14. The first kappa shape index (κ1) is 19.0. The summed E-state index contributed by atoms with van der Waals surface area (Å²) in [5, 5.41) is 11.6. The highest BCUT2D eigenvalue weighted by Gasteiger charge is 2.20. The lowest BCUT2D eigenvalue weighted by molar-refractivity contribution is -0.0370. The number of halogens is 2. The monoisotopic (exact) mass is 420 g/mol. The Morgan fingerprint density at radius 3 is 2.50 bits per heavy atom. The predicted octanol–water partition coefficient (Wildman–Crippen LogP) is 3.80. The van der Waals surface area contributed by atoms with Gasteiger partial charge in [0.25, 0.3) is 0 Å². The summed E-state index contributed by atoms with van der Waals surface area (Å²) in [6.07, 6.45) is 6.52. The van der Waals surface area contributed by atoms with Gasteiger partial charge in [0.15, 0.2) is 27.8 Å². The van der Waals surface area contributed by atoms with Gasteiger partial charge in [0.05, 0.1) is 23.8 Å². The molecule has 1 aliphatic heterocycles. The average molecular weight is 421 g/mol. The van der Waals surface area contributed by atoms with Crippen LogP contribution in [0.5, 0.6) is 0 Å². The topological polar surface area (TPSA) is 107 Å². The summed E-state index contributed by atoms with van der Waals surface area (Å²) in [5.41, 5.74) is 4.28. The van der Waals surface area contributed by atoms with Crippen molar-refractivity contribution in [1.82, 2.24) is 39.9 Å². The van der Waals surface area contributed by atoms with Crippen LogP contribution >= 0.6 is 23.2 Å². The predicted molar refractivity (Wildman–Crippen MR) is 105 cm³/mol. The maximum atomic E-state index is 6.00. The molecule has 0 bridgehead atoms. The Bertz CT molecular complexity index is 1080. The number of fused-ring (bicyclic) bond motifs is 2. The zero-order valence-corrected chi connectivity index (χ0v) is 16.9. The van der Waals surface area contributed by atoms with Crippen LogP contribution in [0, 0.1) is 13.8 Å². The van der Waals surface area contributed by atoms with E-state index in [9.17, 15) is 0 Å². The summed E-state index contributed by atoms with van der Waals surface area (Å²) in [7, 11) is 0. The van der Waals surface area contributed by atoms with Crippen molar-refractivity contribution in [2.75, 3.05) is 6.61 Å². The minimum Gasteiger partial charge on any atom is -0.356 e. The van der Waals surface area contributed by atoms with Crippen molar-refractivity contribution in [2.45, 2.75) is 39.3 Å². The van der Waals surface area contributed by atoms with Crippen LogP contribution in [-0.4, -0.2) is 46.5 Å². The fourth-order valence-electron chi connectivity index (χ4n) is 2.91. The number of H-pyrrole nitrogens is 1. The van der Waals surface area contributed by atoms with Crippen LogP contribution in [0.15, 0.2) is 12.4 Å². The van der Waals surface area contributed by atoms with Gasteiger partial charge in [0, 0.05) is 6.61 Å². The van der Waals surface area contributed by atoms with Gasteiger partial charge in [-0.2, -0.15) is 10.2 Å². The first-order valence-corrected chi connectivity index (χ1v) is 9.60. The Balaban J connectivity index is 0.000000151. The normalized spacial score (nSPS) is 16.9. The van der Waals surface area contributed by atoms with E-state index >= 15 is 0 Å². The number of hydrogen-bond acceptors (Lipinski definition) is 7. The summed E-state index contributed by atoms with van der Waals surface area (Å²) >= 11 is 11.7. The standard InChI is InChI=1S/C11H13ClN4O.C6H5ClN4/c1-7-10(12)15-11-8(14-7)6-13-16(11)9-4-2-3-5-17-9;1-3-5(7)10-6-4(9-3)2-8-11-6/h6,9H,2-5H2,1H3;2H,1H3,(H,8,10,11). The lowest BCUT2D eigenvalue weighted by atomic mass is 10.2. The molecule has 1 atom stereocenters. The van der Waals surface area contributed by atoms with E-state index in [0.717, 1.165) is 48.3 Å². The molecule has 1 saturated heterocycles. The summed E-state index contributed by atoms with van der Waals surface area (Å²) < 4.78 is 7.47. The molecule has 0 aromatic carbocycles. The van der Waals surface area contributed by atoms with Crippen molar-refractivity contribution in [2.24, 2.45) is 0 Å². The number of nitrogens with zero attached hydrogens (tertiary/aromatic N) is 7. The second kappa shape index (κ2) is 7.94. The zero-order chi connectivity index (χ0) is 19.7. The molecule has 5 rings (SSSR count). The van der Waals surface area contributed by atoms with E-state index in [4.69, 9.17) is 27.9 Å². The minimum absolute atomic E-state index is 0.0330. The number of aromatic amines is 1. The van der Waals surface area contributed by atoms with Crippen molar-refractivity contribution in [3.63, 3.8) is 0 Å². The highest BCUT2D eigenvalue weighted by atomic mass is 35.5. The lowest BCUT2D eigenvalue weighted by Crippen LogP contribution is -2.19. The summed E-state index contributed by atoms with van der Waals surface area (Å²) in [4.78, 5) is 16.9. The number of ether oxygens (including phenoxy) is 1. The van der Waals surface area contributed by atoms with Gasteiger partial charge in [0.1, 0.15) is 11.0 Å². The first-order valence-electron chi connectivity index (χ1n) is 8.85. The van der Waals surface area contributed by atoms with Gasteiger partial charge in [-0.3, -0.25) is 5.10 Å². The molecule has 9 nitrogen and oxygen atoms in total. The SMILES string of the molecule is Cc1nc2cn[nH]c2nc1Cl.Cc1nc2cnn(C3CCCCO3)c2nc1Cl. The molecule has 5 heterocycles. The Morgan fingerprint density at radius 1 is 1.00 bits per heavy atom. The Morgan fingerprint density at radius 2 is 1.75 bits per heavy atom. The molecular formula is C17H18Cl2N8O. The van der Waals surface area contributed by atoms with E-state index in [0.29, 0.717) is 21.6 Å². The Hall–Kier alpha value is -2.36. The summed E-state index contributed by atoms with van der Waals surface area (Å²) in [5.74, 6) is 0. The Labute approximate surface area is 170 Å². The molecular weight excluding hydrogens is 403 g/mol. The number of hydrogen-bond donors (Lipinski definition) is 1. The molecule has 1 N–H and O–H groups in total. The van der Waals surface area contributed by atoms with Crippen LogP contribution in [0.2, 0.25) is 10.3 Å². The molecule has 1 unspecified atom stereocenters. The summed E-state index contributed by atoms with van der Waals surface area (Å²) in [6, 6.07) is 0. The lowest BCUT2D eigenvalue weighted by Gasteiger charge is -2.22. The number of nitrogens with one attached hydrogen (secondary N) is 1. The molecule has 0 aliphatic carbocycles. The number of aromatic nitrogens is 8. The van der Waals surface area contributed by atoms with E-state index in [-0.39, 0.29) is 6.23 Å². The maximum absolute atomic E-state index is 6.00. The fraction of sp³-hybridized carbons (Fsp3) is 0.412. The van der Waals surface area contributed by atoms with E-state index in [1.807, 2.05) is 13.8 Å². The average Bonchev–Trinajstić information content (AvgIpc) is 3.30. The molecule has 28 heavy (non-hydrogen) atoms. The molecule has 0 radical (unpaired) electrons. The third-order valence-electron chi connectivity index (χ3n) is 4.37. The number of aryl methyl sites for hydroxylation is 2. The van der Waals surface area contributed by atoms with Crippen LogP contribution in [0.3, 0.4) is 0 Å². The fourth-order valence-corrected chi connectivity index (χ4v) is 3.15. The smallest absolute Gasteiger partial charge is 0.180 e. The molecule has 146 valence electrons. The third kappa shape index (κ3) is 3.78. The maximum Gasteiger partial charge on any atom is 0.180 e. The van der Waals surface area contributed by atoms with E-state index in [2.05, 4.69) is 35.2 Å². The van der Waals surface area contributed by atoms with E-state index in [1.54, 1.807) is 17.1 Å². The van der Waals surface area contributed by atoms with Crippen LogP contribution in [0.1, 0.15) is 36.9 Å². The Kier molecular flexibility index (Phi) is 5.38. The van der Waals surface area contributed by atoms with Gasteiger partial charge in [-0.05, 0) is 33.1 Å². The van der Waals surface area contributed by atoms with Gasteiger partial charge in [0.2, 0.25) is 0 Å². The summed E-state index contributed by atoms with van der Waals surface area (Å²) in [6.45, 7) is 4.42. The number of rotatable bonds is 1. The van der Waals surface area contributed by atoms with Gasteiger partial charge < -0.3 is 4.74 Å². The largest absolute Gasteiger partial charge is 0.356 e. The van der Waals surface area contributed by atoms with Crippen molar-refractivity contribution in [3.8, 4) is 0 Å². The molecule has 4 aromatic rings. The molecule has 1 fully saturated rings. The van der Waals surface area contributed by atoms with Gasteiger partial charge in [-0.15, -0.1) is 0 Å². The van der Waals surface area contributed by atoms with Crippen molar-refractivity contribution < 1.29 is 4.74 Å². The second-order valence-electron chi connectivity index (χ2n) is 6.42. The van der Waals surface area contributed by atoms with Crippen molar-refractivity contribution >= 4 is 45.5 Å². The van der Waals surface area contributed by atoms with E-state index < -0.39 is 0 Å². The highest BCUT2D eigenvalue weighted by molar-refractivity contribution is 6.30. The highest BCUT2D eigenvalue weighted by Crippen LogP contribution is 2.25. The van der Waals surface area contributed by atoms with Crippen molar-refractivity contribution in [1.29, 1.82) is 0 Å². The van der Waals surface area contributed by atoms with Crippen LogP contribution in [-0.2, 0) is 4.74 Å². The quantitative estimate of drug-likeness (QED) is 0.498. The van der Waals surface area contributed by atoms with Crippen LogP contribution in [0.25, 0.3) is 22.3 Å². The van der Waals surface area contributed by atoms with Crippen LogP contribution in [0.4, 0.5) is 0 Å². The minimum atomic E-state index is -0.0330. The van der Waals surface area contributed by atoms with Crippen molar-refractivity contribution in [3.05, 3.63) is 34.1 Å². The molecule has 0 amide bonds. The molecule has 11 heteroatoms. The van der Waals surface area contributed by atoms with Gasteiger partial charge in [-0.1, -0.05) is 23.2 Å². The molecule has 4 aromatic heterocycles. The molecule has 0 saturated carbocycles. The van der Waals surface area contributed by atoms with Crippen LogP contribution < -0.4 is 0 Å². The molecule has 1 aliphatic rings. The van der Waals surface area contributed by atoms with Gasteiger partial charge >= 0.3 is 0 Å². The zero-order valence-electron chi connectivity index (χ0n) is 15.4. The van der Waals surface area contributed by atoms with E-state index in [1.165, 1.54) is 0 Å². The first-order chi connectivity index (χ1) is 13.5. The molecule has 0 spiro atoms. The third-order valence-corrected chi connectivity index (χ3v) is 5.08.